The van der Waals surface area contributed by atoms with Crippen LogP contribution in [-0.4, -0.2) is 60.2 Å². The molecule has 5 nitrogen and oxygen atoms in total. The van der Waals surface area contributed by atoms with E-state index >= 15 is 0 Å². The predicted molar refractivity (Wildman–Crippen MR) is 108 cm³/mol. The van der Waals surface area contributed by atoms with Crippen molar-refractivity contribution < 1.29 is 4.42 Å². The van der Waals surface area contributed by atoms with Gasteiger partial charge < -0.3 is 20.0 Å². The summed E-state index contributed by atoms with van der Waals surface area (Å²) in [6.07, 6.45) is 8.63. The third-order valence-corrected chi connectivity index (χ3v) is 6.75. The number of furan rings is 1. The number of nitrogens with one attached hydrogen (secondary N) is 2. The molecule has 1 aromatic heterocycles. The van der Waals surface area contributed by atoms with Crippen molar-refractivity contribution >= 4 is 17.3 Å². The maximum Gasteiger partial charge on any atom is 0.166 e. The normalized spacial score (nSPS) is 31.7. The van der Waals surface area contributed by atoms with Gasteiger partial charge in [0.05, 0.1) is 12.8 Å². The lowest BCUT2D eigenvalue weighted by atomic mass is 9.75. The molecule has 0 saturated carbocycles. The Morgan fingerprint density at radius 3 is 2.81 bits per heavy atom. The summed E-state index contributed by atoms with van der Waals surface area (Å²) >= 11 is 5.42. The molecule has 144 valence electrons. The molecular weight excluding hydrogens is 344 g/mol. The van der Waals surface area contributed by atoms with Crippen LogP contribution in [0, 0.1) is 11.8 Å². The van der Waals surface area contributed by atoms with Crippen molar-refractivity contribution in [2.24, 2.45) is 11.8 Å². The SMILES string of the molecule is S=C(NCc1ccco1)NC[C@H]1C[C@@H]2CCN1C[C@@H]2CN1CCCCC1. The molecule has 4 saturated heterocycles. The van der Waals surface area contributed by atoms with Gasteiger partial charge in [-0.15, -0.1) is 0 Å². The molecule has 4 atom stereocenters. The van der Waals surface area contributed by atoms with Gasteiger partial charge in [0, 0.05) is 25.7 Å². The number of hydrogen-bond acceptors (Lipinski definition) is 4. The van der Waals surface area contributed by atoms with E-state index in [1.165, 1.54) is 64.8 Å². The molecule has 0 spiro atoms. The van der Waals surface area contributed by atoms with Crippen molar-refractivity contribution in [3.63, 3.8) is 0 Å². The topological polar surface area (TPSA) is 43.7 Å². The highest BCUT2D eigenvalue weighted by atomic mass is 32.1. The summed E-state index contributed by atoms with van der Waals surface area (Å²) in [6, 6.07) is 4.50. The van der Waals surface area contributed by atoms with Crippen LogP contribution in [0.15, 0.2) is 22.8 Å². The van der Waals surface area contributed by atoms with Crippen LogP contribution in [0.4, 0.5) is 0 Å². The second kappa shape index (κ2) is 8.72. The van der Waals surface area contributed by atoms with Crippen molar-refractivity contribution in [2.45, 2.75) is 44.7 Å². The maximum atomic E-state index is 5.42. The first-order chi connectivity index (χ1) is 12.8. The van der Waals surface area contributed by atoms with Crippen molar-refractivity contribution in [1.29, 1.82) is 0 Å². The molecule has 6 heteroatoms. The molecule has 5 rings (SSSR count). The predicted octanol–water partition coefficient (Wildman–Crippen LogP) is 2.44. The highest BCUT2D eigenvalue weighted by Crippen LogP contribution is 2.36. The molecule has 26 heavy (non-hydrogen) atoms. The smallest absolute Gasteiger partial charge is 0.166 e. The second-order valence-corrected chi connectivity index (χ2v) is 8.61. The summed E-state index contributed by atoms with van der Waals surface area (Å²) in [5.74, 6) is 2.69. The Morgan fingerprint density at radius 2 is 2.08 bits per heavy atom. The summed E-state index contributed by atoms with van der Waals surface area (Å²) < 4.78 is 5.33. The Balaban J connectivity index is 1.19. The summed E-state index contributed by atoms with van der Waals surface area (Å²) in [6.45, 7) is 8.11. The first kappa shape index (κ1) is 18.3. The van der Waals surface area contributed by atoms with E-state index in [1.807, 2.05) is 12.1 Å². The molecule has 4 aliphatic heterocycles. The van der Waals surface area contributed by atoms with E-state index in [9.17, 15) is 0 Å². The standard InChI is InChI=1S/C20H32N4OS/c26-20(22-13-19-5-4-10-25-19)21-12-18-11-16-6-9-24(18)15-17(16)14-23-7-2-1-3-8-23/h4-5,10,16-18H,1-3,6-9,11-15H2,(H2,21,22,26)/t16-,17-,18+/m0/s1. The first-order valence-corrected chi connectivity index (χ1v) is 10.7. The average molecular weight is 377 g/mol. The van der Waals surface area contributed by atoms with Crippen LogP contribution in [0.3, 0.4) is 0 Å². The van der Waals surface area contributed by atoms with E-state index in [0.717, 1.165) is 29.3 Å². The van der Waals surface area contributed by atoms with Crippen LogP contribution >= 0.6 is 12.2 Å². The fourth-order valence-corrected chi connectivity index (χ4v) is 5.15. The number of rotatable bonds is 6. The molecule has 1 unspecified atom stereocenters. The molecule has 0 amide bonds. The van der Waals surface area contributed by atoms with Crippen LogP contribution in [0.2, 0.25) is 0 Å². The summed E-state index contributed by atoms with van der Waals surface area (Å²) in [5.41, 5.74) is 0. The van der Waals surface area contributed by atoms with Gasteiger partial charge in [-0.25, -0.2) is 0 Å². The van der Waals surface area contributed by atoms with Crippen molar-refractivity contribution in [1.82, 2.24) is 20.4 Å². The van der Waals surface area contributed by atoms with Gasteiger partial charge in [-0.1, -0.05) is 6.42 Å². The van der Waals surface area contributed by atoms with Crippen molar-refractivity contribution in [2.75, 3.05) is 39.3 Å². The zero-order chi connectivity index (χ0) is 17.8. The van der Waals surface area contributed by atoms with Gasteiger partial charge in [0.25, 0.3) is 0 Å². The molecule has 1 aromatic rings. The van der Waals surface area contributed by atoms with Gasteiger partial charge in [-0.05, 0) is 81.5 Å². The second-order valence-electron chi connectivity index (χ2n) is 8.20. The minimum absolute atomic E-state index is 0.634. The fraction of sp³-hybridized carbons (Fsp3) is 0.750. The Morgan fingerprint density at radius 1 is 1.19 bits per heavy atom. The van der Waals surface area contributed by atoms with E-state index in [4.69, 9.17) is 16.6 Å². The molecule has 0 aromatic carbocycles. The van der Waals surface area contributed by atoms with E-state index in [2.05, 4.69) is 20.4 Å². The molecule has 0 radical (unpaired) electrons. The Labute approximate surface area is 162 Å². The van der Waals surface area contributed by atoms with E-state index in [0.29, 0.717) is 12.6 Å². The summed E-state index contributed by atoms with van der Waals surface area (Å²) in [5, 5.41) is 7.39. The van der Waals surface area contributed by atoms with Crippen LogP contribution in [0.25, 0.3) is 0 Å². The minimum atomic E-state index is 0.634. The van der Waals surface area contributed by atoms with Crippen LogP contribution in [-0.2, 0) is 6.54 Å². The zero-order valence-corrected chi connectivity index (χ0v) is 16.5. The number of fused-ring (bicyclic) bond motifs is 3. The van der Waals surface area contributed by atoms with Gasteiger partial charge in [0.2, 0.25) is 0 Å². The van der Waals surface area contributed by atoms with Gasteiger partial charge in [0.1, 0.15) is 5.76 Å². The largest absolute Gasteiger partial charge is 0.467 e. The lowest BCUT2D eigenvalue weighted by Gasteiger charge is -2.51. The molecular formula is C20H32N4OS. The average Bonchev–Trinajstić information content (AvgIpc) is 3.20. The number of nitrogens with zero attached hydrogens (tertiary/aromatic N) is 2. The van der Waals surface area contributed by atoms with E-state index < -0.39 is 0 Å². The van der Waals surface area contributed by atoms with Crippen LogP contribution in [0.5, 0.6) is 0 Å². The van der Waals surface area contributed by atoms with Gasteiger partial charge >= 0.3 is 0 Å². The monoisotopic (exact) mass is 376 g/mol. The third kappa shape index (κ3) is 4.59. The maximum absolute atomic E-state index is 5.42. The summed E-state index contributed by atoms with van der Waals surface area (Å²) in [4.78, 5) is 5.42. The van der Waals surface area contributed by atoms with Gasteiger partial charge in [0.15, 0.2) is 5.11 Å². The van der Waals surface area contributed by atoms with Crippen LogP contribution in [0.1, 0.15) is 37.9 Å². The van der Waals surface area contributed by atoms with E-state index in [-0.39, 0.29) is 0 Å². The number of piperidine rings is 4. The number of likely N-dealkylation sites (tertiary alicyclic amines) is 1. The lowest BCUT2D eigenvalue weighted by molar-refractivity contribution is -0.0124. The minimum Gasteiger partial charge on any atom is -0.467 e. The molecule has 2 bridgehead atoms. The fourth-order valence-electron chi connectivity index (χ4n) is 5.00. The summed E-state index contributed by atoms with van der Waals surface area (Å²) in [7, 11) is 0. The highest BCUT2D eigenvalue weighted by Gasteiger charge is 2.40. The van der Waals surface area contributed by atoms with Gasteiger partial charge in [-0.3, -0.25) is 4.90 Å². The van der Waals surface area contributed by atoms with Gasteiger partial charge in [-0.2, -0.15) is 0 Å². The molecule has 2 N–H and O–H groups in total. The Kier molecular flexibility index (Phi) is 6.12. The van der Waals surface area contributed by atoms with Crippen LogP contribution < -0.4 is 10.6 Å². The Hall–Kier alpha value is -1.11. The highest BCUT2D eigenvalue weighted by molar-refractivity contribution is 7.80. The van der Waals surface area contributed by atoms with E-state index in [1.54, 1.807) is 6.26 Å². The molecule has 0 aliphatic carbocycles. The molecule has 4 aliphatic rings. The number of hydrogen-bond donors (Lipinski definition) is 2. The zero-order valence-electron chi connectivity index (χ0n) is 15.7. The Bertz CT molecular complexity index is 572. The first-order valence-electron chi connectivity index (χ1n) is 10.3. The molecule has 4 fully saturated rings. The van der Waals surface area contributed by atoms with Crippen molar-refractivity contribution in [3.8, 4) is 0 Å². The third-order valence-electron chi connectivity index (χ3n) is 6.46. The quantitative estimate of drug-likeness (QED) is 0.744. The number of thiocarbonyl (C=S) groups is 1. The lowest BCUT2D eigenvalue weighted by Crippen LogP contribution is -2.59. The van der Waals surface area contributed by atoms with Crippen molar-refractivity contribution in [3.05, 3.63) is 24.2 Å². The molecule has 5 heterocycles.